The smallest absolute Gasteiger partial charge is 0.128 e. The van der Waals surface area contributed by atoms with E-state index in [2.05, 4.69) is 57.0 Å². The van der Waals surface area contributed by atoms with E-state index in [1.807, 2.05) is 0 Å². The molecule has 1 rings (SSSR count). The highest BCUT2D eigenvalue weighted by Gasteiger charge is 2.12. The van der Waals surface area contributed by atoms with Crippen LogP contribution >= 0.6 is 0 Å². The van der Waals surface area contributed by atoms with E-state index < -0.39 is 0 Å². The van der Waals surface area contributed by atoms with Gasteiger partial charge in [-0.15, -0.1) is 0 Å². The SMILES string of the molecule is CCNCc1ccc(N(CC)CC(CC)CC)nc1C. The third kappa shape index (κ3) is 4.78. The van der Waals surface area contributed by atoms with E-state index in [1.165, 1.54) is 18.4 Å². The van der Waals surface area contributed by atoms with E-state index in [-0.39, 0.29) is 0 Å². The number of anilines is 1. The second kappa shape index (κ2) is 8.96. The highest BCUT2D eigenvalue weighted by atomic mass is 15.2. The lowest BCUT2D eigenvalue weighted by Crippen LogP contribution is -2.30. The fourth-order valence-corrected chi connectivity index (χ4v) is 2.44. The first-order valence-electron chi connectivity index (χ1n) is 8.08. The molecule has 3 nitrogen and oxygen atoms in total. The summed E-state index contributed by atoms with van der Waals surface area (Å²) < 4.78 is 0. The molecule has 0 bridgehead atoms. The van der Waals surface area contributed by atoms with Crippen molar-refractivity contribution in [3.05, 3.63) is 23.4 Å². The number of aromatic nitrogens is 1. The molecule has 20 heavy (non-hydrogen) atoms. The van der Waals surface area contributed by atoms with Crippen LogP contribution in [0.4, 0.5) is 5.82 Å². The highest BCUT2D eigenvalue weighted by Crippen LogP contribution is 2.18. The van der Waals surface area contributed by atoms with Crippen LogP contribution in [0.2, 0.25) is 0 Å². The molecule has 0 aliphatic heterocycles. The van der Waals surface area contributed by atoms with Crippen LogP contribution in [0.25, 0.3) is 0 Å². The molecule has 1 aromatic heterocycles. The summed E-state index contributed by atoms with van der Waals surface area (Å²) in [6, 6.07) is 4.39. The lowest BCUT2D eigenvalue weighted by molar-refractivity contribution is 0.484. The van der Waals surface area contributed by atoms with Gasteiger partial charge in [0.25, 0.3) is 0 Å². The normalized spacial score (nSPS) is 11.1. The molecule has 1 N–H and O–H groups in total. The van der Waals surface area contributed by atoms with Gasteiger partial charge in [0.2, 0.25) is 0 Å². The highest BCUT2D eigenvalue weighted by molar-refractivity contribution is 5.41. The predicted octanol–water partition coefficient (Wildman–Crippen LogP) is 3.76. The summed E-state index contributed by atoms with van der Waals surface area (Å²) in [6.07, 6.45) is 2.48. The van der Waals surface area contributed by atoms with Crippen LogP contribution in [0.3, 0.4) is 0 Å². The Balaban J connectivity index is 2.80. The van der Waals surface area contributed by atoms with Gasteiger partial charge >= 0.3 is 0 Å². The molecule has 0 spiro atoms. The van der Waals surface area contributed by atoms with E-state index in [0.29, 0.717) is 0 Å². The molecule has 0 amide bonds. The first kappa shape index (κ1) is 17.0. The minimum absolute atomic E-state index is 0.762. The van der Waals surface area contributed by atoms with E-state index in [1.54, 1.807) is 0 Å². The largest absolute Gasteiger partial charge is 0.357 e. The van der Waals surface area contributed by atoms with Crippen molar-refractivity contribution in [2.24, 2.45) is 5.92 Å². The van der Waals surface area contributed by atoms with Gasteiger partial charge in [-0.1, -0.05) is 39.7 Å². The molecule has 114 valence electrons. The van der Waals surface area contributed by atoms with Gasteiger partial charge < -0.3 is 10.2 Å². The van der Waals surface area contributed by atoms with Gasteiger partial charge in [-0.3, -0.25) is 0 Å². The molecule has 0 fully saturated rings. The van der Waals surface area contributed by atoms with Crippen molar-refractivity contribution in [3.63, 3.8) is 0 Å². The van der Waals surface area contributed by atoms with Crippen molar-refractivity contribution in [1.29, 1.82) is 0 Å². The molecule has 0 aliphatic carbocycles. The van der Waals surface area contributed by atoms with E-state index in [4.69, 9.17) is 4.98 Å². The summed E-state index contributed by atoms with van der Waals surface area (Å²) >= 11 is 0. The lowest BCUT2D eigenvalue weighted by atomic mass is 10.0. The monoisotopic (exact) mass is 277 g/mol. The van der Waals surface area contributed by atoms with E-state index >= 15 is 0 Å². The van der Waals surface area contributed by atoms with Gasteiger partial charge in [0.1, 0.15) is 5.82 Å². The van der Waals surface area contributed by atoms with Crippen LogP contribution in [0.5, 0.6) is 0 Å². The first-order valence-corrected chi connectivity index (χ1v) is 8.08. The quantitative estimate of drug-likeness (QED) is 0.745. The zero-order chi connectivity index (χ0) is 15.0. The summed E-state index contributed by atoms with van der Waals surface area (Å²) in [5, 5.41) is 3.36. The zero-order valence-corrected chi connectivity index (χ0v) is 13.9. The number of pyridine rings is 1. The molecule has 1 heterocycles. The Morgan fingerprint density at radius 1 is 1.15 bits per heavy atom. The van der Waals surface area contributed by atoms with Crippen LogP contribution in [-0.2, 0) is 6.54 Å². The third-order valence-electron chi connectivity index (χ3n) is 4.09. The second-order valence-electron chi connectivity index (χ2n) is 5.42. The molecular weight excluding hydrogens is 246 g/mol. The molecule has 0 saturated carbocycles. The standard InChI is InChI=1S/C17H31N3/c1-6-15(7-2)13-20(9-4)17-11-10-16(12-18-8-3)14(5)19-17/h10-11,15,18H,6-9,12-13H2,1-5H3. The number of rotatable bonds is 9. The fraction of sp³-hybridized carbons (Fsp3) is 0.706. The predicted molar refractivity (Wildman–Crippen MR) is 88.3 cm³/mol. The maximum atomic E-state index is 4.80. The average Bonchev–Trinajstić information content (AvgIpc) is 2.47. The van der Waals surface area contributed by atoms with Crippen molar-refractivity contribution in [1.82, 2.24) is 10.3 Å². The van der Waals surface area contributed by atoms with Crippen molar-refractivity contribution in [2.45, 2.75) is 54.0 Å². The molecule has 0 aromatic carbocycles. The summed E-state index contributed by atoms with van der Waals surface area (Å²) in [5.41, 5.74) is 2.45. The molecule has 3 heteroatoms. The Bertz CT molecular complexity index is 386. The molecule has 0 unspecified atom stereocenters. The van der Waals surface area contributed by atoms with Gasteiger partial charge in [0, 0.05) is 25.3 Å². The third-order valence-corrected chi connectivity index (χ3v) is 4.09. The summed E-state index contributed by atoms with van der Waals surface area (Å²) in [5.74, 6) is 1.88. The minimum Gasteiger partial charge on any atom is -0.357 e. The number of nitrogens with zero attached hydrogens (tertiary/aromatic N) is 2. The van der Waals surface area contributed by atoms with Crippen LogP contribution in [0, 0.1) is 12.8 Å². The molecule has 0 saturated heterocycles. The number of nitrogens with one attached hydrogen (secondary N) is 1. The summed E-state index contributed by atoms with van der Waals surface area (Å²) in [7, 11) is 0. The summed E-state index contributed by atoms with van der Waals surface area (Å²) in [6.45, 7) is 15.1. The van der Waals surface area contributed by atoms with Crippen molar-refractivity contribution < 1.29 is 0 Å². The van der Waals surface area contributed by atoms with Crippen LogP contribution < -0.4 is 10.2 Å². The number of hydrogen-bond donors (Lipinski definition) is 1. The second-order valence-corrected chi connectivity index (χ2v) is 5.42. The maximum absolute atomic E-state index is 4.80. The summed E-state index contributed by atoms with van der Waals surface area (Å²) in [4.78, 5) is 7.21. The topological polar surface area (TPSA) is 28.2 Å². The minimum atomic E-state index is 0.762. The first-order chi connectivity index (χ1) is 9.65. The Labute approximate surface area is 124 Å². The zero-order valence-electron chi connectivity index (χ0n) is 13.9. The Morgan fingerprint density at radius 2 is 1.85 bits per heavy atom. The van der Waals surface area contributed by atoms with Gasteiger partial charge in [-0.25, -0.2) is 4.98 Å². The number of aryl methyl sites for hydroxylation is 1. The Hall–Kier alpha value is -1.09. The molecule has 1 aromatic rings. The van der Waals surface area contributed by atoms with Crippen molar-refractivity contribution in [2.75, 3.05) is 24.5 Å². The van der Waals surface area contributed by atoms with E-state index in [9.17, 15) is 0 Å². The fourth-order valence-electron chi connectivity index (χ4n) is 2.44. The van der Waals surface area contributed by atoms with Crippen molar-refractivity contribution >= 4 is 5.82 Å². The molecular formula is C17H31N3. The van der Waals surface area contributed by atoms with Gasteiger partial charge in [0.15, 0.2) is 0 Å². The van der Waals surface area contributed by atoms with E-state index in [0.717, 1.165) is 43.6 Å². The van der Waals surface area contributed by atoms with Gasteiger partial charge in [-0.2, -0.15) is 0 Å². The lowest BCUT2D eigenvalue weighted by Gasteiger charge is -2.27. The van der Waals surface area contributed by atoms with Crippen LogP contribution in [-0.4, -0.2) is 24.6 Å². The molecule has 0 radical (unpaired) electrons. The Morgan fingerprint density at radius 3 is 2.35 bits per heavy atom. The van der Waals surface area contributed by atoms with Crippen molar-refractivity contribution in [3.8, 4) is 0 Å². The van der Waals surface area contributed by atoms with Gasteiger partial charge in [-0.05, 0) is 37.9 Å². The molecule has 0 aliphatic rings. The van der Waals surface area contributed by atoms with Crippen LogP contribution in [0.15, 0.2) is 12.1 Å². The van der Waals surface area contributed by atoms with Gasteiger partial charge in [0.05, 0.1) is 0 Å². The Kier molecular flexibility index (Phi) is 7.60. The number of hydrogen-bond acceptors (Lipinski definition) is 3. The van der Waals surface area contributed by atoms with Crippen LogP contribution in [0.1, 0.15) is 51.8 Å². The molecule has 0 atom stereocenters. The maximum Gasteiger partial charge on any atom is 0.128 e. The average molecular weight is 277 g/mol.